The minimum Gasteiger partial charge on any atom is -0.460 e. The van der Waals surface area contributed by atoms with Gasteiger partial charge in [-0.15, -0.1) is 10.2 Å². The van der Waals surface area contributed by atoms with Crippen LogP contribution in [-0.4, -0.2) is 10.2 Å². The number of rotatable bonds is 3. The Morgan fingerprint density at radius 1 is 1.35 bits per heavy atom. The van der Waals surface area contributed by atoms with E-state index in [-0.39, 0.29) is 5.43 Å². The van der Waals surface area contributed by atoms with Crippen molar-refractivity contribution in [1.82, 2.24) is 10.2 Å². The van der Waals surface area contributed by atoms with Gasteiger partial charge in [0.2, 0.25) is 0 Å². The molecule has 0 saturated carbocycles. The van der Waals surface area contributed by atoms with Gasteiger partial charge in [-0.05, 0) is 25.1 Å². The molecule has 102 valence electrons. The highest BCUT2D eigenvalue weighted by molar-refractivity contribution is 8.00. The molecule has 0 atom stereocenters. The summed E-state index contributed by atoms with van der Waals surface area (Å²) in [5.41, 5.74) is 0.462. The summed E-state index contributed by atoms with van der Waals surface area (Å²) in [6, 6.07) is 6.54. The highest BCUT2D eigenvalue weighted by Crippen LogP contribution is 2.26. The van der Waals surface area contributed by atoms with Crippen LogP contribution in [0.1, 0.15) is 10.8 Å². The fourth-order valence-corrected chi connectivity index (χ4v) is 3.59. The average Bonchev–Trinajstić information content (AvgIpc) is 2.83. The van der Waals surface area contributed by atoms with Crippen molar-refractivity contribution in [3.8, 4) is 0 Å². The quantitative estimate of drug-likeness (QED) is 0.684. The van der Waals surface area contributed by atoms with Crippen LogP contribution in [0.5, 0.6) is 0 Å². The van der Waals surface area contributed by atoms with Crippen LogP contribution in [0.3, 0.4) is 0 Å². The van der Waals surface area contributed by atoms with Crippen LogP contribution >= 0.6 is 34.7 Å². The Bertz CT molecular complexity index is 829. The van der Waals surface area contributed by atoms with E-state index in [1.165, 1.54) is 29.2 Å². The molecule has 7 heteroatoms. The topological polar surface area (TPSA) is 56.0 Å². The summed E-state index contributed by atoms with van der Waals surface area (Å²) in [4.78, 5) is 12.0. The van der Waals surface area contributed by atoms with Crippen molar-refractivity contribution in [3.63, 3.8) is 0 Å². The Morgan fingerprint density at radius 3 is 2.95 bits per heavy atom. The standard InChI is InChI=1S/C13H9ClN2O2S2/c1-7-15-16-13(20-7)19-6-9-5-11(17)10-4-8(14)2-3-12(10)18-9/h2-5H,6H2,1H3. The number of nitrogens with zero attached hydrogens (tertiary/aromatic N) is 2. The molecule has 0 spiro atoms. The highest BCUT2D eigenvalue weighted by atomic mass is 35.5. The van der Waals surface area contributed by atoms with Crippen LogP contribution < -0.4 is 5.43 Å². The van der Waals surface area contributed by atoms with E-state index in [9.17, 15) is 4.79 Å². The molecule has 0 saturated heterocycles. The van der Waals surface area contributed by atoms with E-state index in [1.807, 2.05) is 6.92 Å². The summed E-state index contributed by atoms with van der Waals surface area (Å²) in [6.45, 7) is 1.90. The lowest BCUT2D eigenvalue weighted by Crippen LogP contribution is -2.01. The Labute approximate surface area is 127 Å². The van der Waals surface area contributed by atoms with E-state index >= 15 is 0 Å². The van der Waals surface area contributed by atoms with Gasteiger partial charge < -0.3 is 4.42 Å². The number of aryl methyl sites for hydroxylation is 1. The minimum atomic E-state index is -0.0854. The van der Waals surface area contributed by atoms with Crippen LogP contribution in [0.25, 0.3) is 11.0 Å². The number of thioether (sulfide) groups is 1. The Kier molecular flexibility index (Phi) is 3.78. The largest absolute Gasteiger partial charge is 0.460 e. The molecule has 0 amide bonds. The summed E-state index contributed by atoms with van der Waals surface area (Å²) in [5.74, 6) is 1.16. The van der Waals surface area contributed by atoms with E-state index in [1.54, 1.807) is 18.2 Å². The van der Waals surface area contributed by atoms with Crippen molar-refractivity contribution in [2.75, 3.05) is 0 Å². The first-order chi connectivity index (χ1) is 9.61. The molecule has 0 N–H and O–H groups in total. The summed E-state index contributed by atoms with van der Waals surface area (Å²) in [6.07, 6.45) is 0. The molecule has 1 aromatic carbocycles. The molecule has 20 heavy (non-hydrogen) atoms. The summed E-state index contributed by atoms with van der Waals surface area (Å²) in [5, 5.41) is 9.91. The number of fused-ring (bicyclic) bond motifs is 1. The number of benzene rings is 1. The van der Waals surface area contributed by atoms with Crippen LogP contribution in [0.2, 0.25) is 5.02 Å². The maximum Gasteiger partial charge on any atom is 0.193 e. The van der Waals surface area contributed by atoms with Gasteiger partial charge in [-0.25, -0.2) is 0 Å². The summed E-state index contributed by atoms with van der Waals surface area (Å²) in [7, 11) is 0. The molecular weight excluding hydrogens is 316 g/mol. The molecule has 0 aliphatic heterocycles. The second-order valence-corrected chi connectivity index (χ2v) is 6.93. The van der Waals surface area contributed by atoms with Crippen LogP contribution in [0, 0.1) is 6.92 Å². The van der Waals surface area contributed by atoms with Gasteiger partial charge in [-0.3, -0.25) is 4.79 Å². The average molecular weight is 325 g/mol. The van der Waals surface area contributed by atoms with Crippen LogP contribution in [0.4, 0.5) is 0 Å². The lowest BCUT2D eigenvalue weighted by atomic mass is 10.2. The SMILES string of the molecule is Cc1nnc(SCc2cc(=O)c3cc(Cl)ccc3o2)s1. The first-order valence-electron chi connectivity index (χ1n) is 5.77. The molecule has 3 aromatic rings. The van der Waals surface area contributed by atoms with Gasteiger partial charge in [0.05, 0.1) is 11.1 Å². The zero-order valence-corrected chi connectivity index (χ0v) is 12.8. The van der Waals surface area contributed by atoms with Crippen molar-refractivity contribution in [1.29, 1.82) is 0 Å². The monoisotopic (exact) mass is 324 g/mol. The number of hydrogen-bond donors (Lipinski definition) is 0. The molecule has 4 nitrogen and oxygen atoms in total. The molecule has 0 bridgehead atoms. The van der Waals surface area contributed by atoms with Gasteiger partial charge in [0.1, 0.15) is 16.4 Å². The van der Waals surface area contributed by atoms with Crippen molar-refractivity contribution in [3.05, 3.63) is 50.3 Å². The number of aromatic nitrogens is 2. The second kappa shape index (κ2) is 5.55. The molecule has 2 aromatic heterocycles. The zero-order valence-electron chi connectivity index (χ0n) is 10.4. The molecule has 0 fully saturated rings. The predicted octanol–water partition coefficient (Wildman–Crippen LogP) is 3.90. The van der Waals surface area contributed by atoms with Crippen molar-refractivity contribution in [2.45, 2.75) is 17.0 Å². The normalized spacial score (nSPS) is 11.1. The molecule has 2 heterocycles. The number of hydrogen-bond acceptors (Lipinski definition) is 6. The maximum absolute atomic E-state index is 12.0. The summed E-state index contributed by atoms with van der Waals surface area (Å²) < 4.78 is 6.57. The van der Waals surface area contributed by atoms with Crippen LogP contribution in [-0.2, 0) is 5.75 Å². The van der Waals surface area contributed by atoms with E-state index in [0.717, 1.165) is 9.35 Å². The highest BCUT2D eigenvalue weighted by Gasteiger charge is 2.08. The molecular formula is C13H9ClN2O2S2. The fraction of sp³-hybridized carbons (Fsp3) is 0.154. The van der Waals surface area contributed by atoms with Gasteiger partial charge >= 0.3 is 0 Å². The van der Waals surface area contributed by atoms with Crippen molar-refractivity contribution >= 4 is 45.7 Å². The van der Waals surface area contributed by atoms with Gasteiger partial charge in [-0.1, -0.05) is 34.7 Å². The molecule has 0 radical (unpaired) electrons. The molecule has 0 unspecified atom stereocenters. The van der Waals surface area contributed by atoms with Crippen molar-refractivity contribution in [2.24, 2.45) is 0 Å². The number of halogens is 1. The zero-order chi connectivity index (χ0) is 14.1. The third kappa shape index (κ3) is 2.87. The third-order valence-corrected chi connectivity index (χ3v) is 4.82. The van der Waals surface area contributed by atoms with Crippen LogP contribution in [0.15, 0.2) is 37.8 Å². The fourth-order valence-electron chi connectivity index (χ4n) is 1.72. The molecule has 0 aliphatic carbocycles. The van der Waals surface area contributed by atoms with Gasteiger partial charge in [-0.2, -0.15) is 0 Å². The summed E-state index contributed by atoms with van der Waals surface area (Å²) >= 11 is 8.90. The van der Waals surface area contributed by atoms with Gasteiger partial charge in [0, 0.05) is 11.1 Å². The maximum atomic E-state index is 12.0. The smallest absolute Gasteiger partial charge is 0.193 e. The lowest BCUT2D eigenvalue weighted by Gasteiger charge is -2.01. The Hall–Kier alpha value is -1.37. The van der Waals surface area contributed by atoms with Gasteiger partial charge in [0.25, 0.3) is 0 Å². The Morgan fingerprint density at radius 2 is 2.20 bits per heavy atom. The predicted molar refractivity (Wildman–Crippen MR) is 81.7 cm³/mol. The second-order valence-electron chi connectivity index (χ2n) is 4.09. The van der Waals surface area contributed by atoms with Gasteiger partial charge in [0.15, 0.2) is 9.77 Å². The molecule has 0 aliphatic rings. The van der Waals surface area contributed by atoms with E-state index in [2.05, 4.69) is 10.2 Å². The molecule has 3 rings (SSSR count). The van der Waals surface area contributed by atoms with E-state index in [0.29, 0.717) is 27.5 Å². The first kappa shape index (κ1) is 13.6. The van der Waals surface area contributed by atoms with Crippen molar-refractivity contribution < 1.29 is 4.42 Å². The third-order valence-electron chi connectivity index (χ3n) is 2.59. The Balaban J connectivity index is 1.89. The minimum absolute atomic E-state index is 0.0854. The first-order valence-corrected chi connectivity index (χ1v) is 7.95. The lowest BCUT2D eigenvalue weighted by molar-refractivity contribution is 0.560. The van der Waals surface area contributed by atoms with E-state index in [4.69, 9.17) is 16.0 Å². The van der Waals surface area contributed by atoms with E-state index < -0.39 is 0 Å².